The van der Waals surface area contributed by atoms with Gasteiger partial charge in [0.05, 0.1) is 11.7 Å². The van der Waals surface area contributed by atoms with Crippen molar-refractivity contribution < 1.29 is 0 Å². The second-order valence-electron chi connectivity index (χ2n) is 6.16. The highest BCUT2D eigenvalue weighted by Gasteiger charge is 2.25. The van der Waals surface area contributed by atoms with Crippen LogP contribution in [0.4, 0.5) is 0 Å². The maximum atomic E-state index is 4.72. The fraction of sp³-hybridized carbons (Fsp3) is 0.786. The van der Waals surface area contributed by atoms with E-state index in [0.717, 1.165) is 5.69 Å². The summed E-state index contributed by atoms with van der Waals surface area (Å²) in [6.07, 6.45) is 6.76. The summed E-state index contributed by atoms with van der Waals surface area (Å²) in [5.41, 5.74) is 2.77. The third-order valence-corrected chi connectivity index (χ3v) is 3.55. The third kappa shape index (κ3) is 2.31. The van der Waals surface area contributed by atoms with Gasteiger partial charge < -0.3 is 0 Å². The van der Waals surface area contributed by atoms with E-state index in [1.807, 2.05) is 0 Å². The van der Waals surface area contributed by atoms with E-state index < -0.39 is 0 Å². The van der Waals surface area contributed by atoms with Crippen LogP contribution in [-0.4, -0.2) is 9.78 Å². The first-order valence-corrected chi connectivity index (χ1v) is 6.55. The van der Waals surface area contributed by atoms with E-state index in [1.54, 1.807) is 0 Å². The second kappa shape index (κ2) is 4.23. The molecule has 90 valence electrons. The number of aryl methyl sites for hydroxylation is 1. The summed E-state index contributed by atoms with van der Waals surface area (Å²) in [7, 11) is 0. The lowest BCUT2D eigenvalue weighted by molar-refractivity contribution is 0.308. The quantitative estimate of drug-likeness (QED) is 0.699. The van der Waals surface area contributed by atoms with Crippen LogP contribution in [0, 0.1) is 6.92 Å². The summed E-state index contributed by atoms with van der Waals surface area (Å²) < 4.78 is 2.31. The Morgan fingerprint density at radius 2 is 1.81 bits per heavy atom. The molecule has 0 saturated heterocycles. The van der Waals surface area contributed by atoms with Crippen molar-refractivity contribution in [1.29, 1.82) is 0 Å². The van der Waals surface area contributed by atoms with E-state index >= 15 is 0 Å². The van der Waals surface area contributed by atoms with Crippen LogP contribution >= 0.6 is 0 Å². The van der Waals surface area contributed by atoms with Gasteiger partial charge in [0, 0.05) is 11.1 Å². The summed E-state index contributed by atoms with van der Waals surface area (Å²) >= 11 is 0. The molecule has 2 heteroatoms. The molecule has 0 unspecified atom stereocenters. The Morgan fingerprint density at radius 3 is 2.38 bits per heavy atom. The number of hydrogen-bond acceptors (Lipinski definition) is 1. The summed E-state index contributed by atoms with van der Waals surface area (Å²) in [4.78, 5) is 0. The molecule has 1 aromatic rings. The highest BCUT2D eigenvalue weighted by atomic mass is 15.3. The molecule has 16 heavy (non-hydrogen) atoms. The third-order valence-electron chi connectivity index (χ3n) is 3.55. The van der Waals surface area contributed by atoms with Crippen LogP contribution in [0.2, 0.25) is 0 Å². The van der Waals surface area contributed by atoms with Crippen molar-refractivity contribution in [1.82, 2.24) is 9.78 Å². The van der Waals surface area contributed by atoms with Gasteiger partial charge >= 0.3 is 0 Å². The Balaban J connectivity index is 2.31. The molecule has 0 amide bonds. The van der Waals surface area contributed by atoms with Gasteiger partial charge in [-0.1, -0.05) is 40.0 Å². The van der Waals surface area contributed by atoms with Crippen LogP contribution in [0.15, 0.2) is 6.07 Å². The van der Waals surface area contributed by atoms with Gasteiger partial charge in [-0.15, -0.1) is 0 Å². The number of aromatic nitrogens is 2. The maximum absolute atomic E-state index is 4.72. The minimum atomic E-state index is 0.207. The molecule has 1 aliphatic rings. The van der Waals surface area contributed by atoms with E-state index in [0.29, 0.717) is 6.04 Å². The van der Waals surface area contributed by atoms with Gasteiger partial charge in [-0.3, -0.25) is 4.68 Å². The van der Waals surface area contributed by atoms with Gasteiger partial charge in [0.25, 0.3) is 0 Å². The molecule has 1 heterocycles. The van der Waals surface area contributed by atoms with E-state index in [4.69, 9.17) is 5.10 Å². The van der Waals surface area contributed by atoms with Crippen LogP contribution in [0.25, 0.3) is 0 Å². The summed E-state index contributed by atoms with van der Waals surface area (Å²) in [5, 5.41) is 4.72. The van der Waals surface area contributed by atoms with Gasteiger partial charge in [0.15, 0.2) is 0 Å². The minimum absolute atomic E-state index is 0.207. The van der Waals surface area contributed by atoms with Crippen molar-refractivity contribution in [2.45, 2.75) is 71.3 Å². The van der Waals surface area contributed by atoms with Crippen molar-refractivity contribution >= 4 is 0 Å². The van der Waals surface area contributed by atoms with E-state index in [1.165, 1.54) is 37.8 Å². The molecule has 0 aromatic carbocycles. The average Bonchev–Trinajstić information content (AvgIpc) is 2.61. The number of hydrogen-bond donors (Lipinski definition) is 0. The van der Waals surface area contributed by atoms with Crippen molar-refractivity contribution in [3.05, 3.63) is 17.5 Å². The zero-order chi connectivity index (χ0) is 11.8. The second-order valence-corrected chi connectivity index (χ2v) is 6.16. The molecular weight excluding hydrogens is 196 g/mol. The molecule has 0 spiro atoms. The SMILES string of the molecule is Cc1cc(C(C)(C)C)n(C2CCCCC2)n1. The molecule has 2 rings (SSSR count). The van der Waals surface area contributed by atoms with Crippen LogP contribution < -0.4 is 0 Å². The Hall–Kier alpha value is -0.790. The smallest absolute Gasteiger partial charge is 0.0596 e. The molecule has 0 atom stereocenters. The molecule has 0 radical (unpaired) electrons. The van der Waals surface area contributed by atoms with E-state index in [-0.39, 0.29) is 5.41 Å². The lowest BCUT2D eigenvalue weighted by Crippen LogP contribution is -2.23. The molecule has 0 bridgehead atoms. The topological polar surface area (TPSA) is 17.8 Å². The van der Waals surface area contributed by atoms with Gasteiger partial charge in [0.2, 0.25) is 0 Å². The minimum Gasteiger partial charge on any atom is -0.266 e. The van der Waals surface area contributed by atoms with Gasteiger partial charge in [-0.05, 0) is 25.8 Å². The van der Waals surface area contributed by atoms with Crippen molar-refractivity contribution in [2.24, 2.45) is 0 Å². The van der Waals surface area contributed by atoms with Crippen LogP contribution in [0.1, 0.15) is 70.3 Å². The summed E-state index contributed by atoms with van der Waals surface area (Å²) in [6, 6.07) is 2.91. The van der Waals surface area contributed by atoms with Gasteiger partial charge in [-0.25, -0.2) is 0 Å². The zero-order valence-corrected chi connectivity index (χ0v) is 11.1. The van der Waals surface area contributed by atoms with Crippen molar-refractivity contribution in [3.8, 4) is 0 Å². The maximum Gasteiger partial charge on any atom is 0.0596 e. The number of nitrogens with zero attached hydrogens (tertiary/aromatic N) is 2. The Labute approximate surface area is 99.0 Å². The van der Waals surface area contributed by atoms with E-state index in [9.17, 15) is 0 Å². The summed E-state index contributed by atoms with van der Waals surface area (Å²) in [6.45, 7) is 8.95. The zero-order valence-electron chi connectivity index (χ0n) is 11.1. The van der Waals surface area contributed by atoms with Crippen LogP contribution in [-0.2, 0) is 5.41 Å². The molecule has 1 saturated carbocycles. The fourth-order valence-corrected chi connectivity index (χ4v) is 2.68. The van der Waals surface area contributed by atoms with Crippen molar-refractivity contribution in [2.75, 3.05) is 0 Å². The molecule has 1 aliphatic carbocycles. The lowest BCUT2D eigenvalue weighted by Gasteiger charge is -2.28. The van der Waals surface area contributed by atoms with Gasteiger partial charge in [-0.2, -0.15) is 5.10 Å². The molecule has 0 N–H and O–H groups in total. The first-order chi connectivity index (χ1) is 7.48. The highest BCUT2D eigenvalue weighted by molar-refractivity contribution is 5.18. The van der Waals surface area contributed by atoms with Gasteiger partial charge in [0.1, 0.15) is 0 Å². The fourth-order valence-electron chi connectivity index (χ4n) is 2.68. The molecule has 0 aliphatic heterocycles. The molecule has 2 nitrogen and oxygen atoms in total. The lowest BCUT2D eigenvalue weighted by atomic mass is 9.90. The predicted molar refractivity (Wildman–Crippen MR) is 67.8 cm³/mol. The standard InChI is InChI=1S/C14H24N2/c1-11-10-13(14(2,3)4)16(15-11)12-8-6-5-7-9-12/h10,12H,5-9H2,1-4H3. The molecule has 1 fully saturated rings. The Bertz CT molecular complexity index is 351. The van der Waals surface area contributed by atoms with Crippen molar-refractivity contribution in [3.63, 3.8) is 0 Å². The largest absolute Gasteiger partial charge is 0.266 e. The number of rotatable bonds is 1. The van der Waals surface area contributed by atoms with Crippen LogP contribution in [0.5, 0.6) is 0 Å². The first-order valence-electron chi connectivity index (χ1n) is 6.55. The monoisotopic (exact) mass is 220 g/mol. The summed E-state index contributed by atoms with van der Waals surface area (Å²) in [5.74, 6) is 0. The van der Waals surface area contributed by atoms with Crippen LogP contribution in [0.3, 0.4) is 0 Å². The predicted octanol–water partition coefficient (Wildman–Crippen LogP) is 3.99. The normalized spacial score (nSPS) is 19.0. The first kappa shape index (κ1) is 11.7. The highest BCUT2D eigenvalue weighted by Crippen LogP contribution is 2.32. The molecule has 1 aromatic heterocycles. The Morgan fingerprint density at radius 1 is 1.19 bits per heavy atom. The average molecular weight is 220 g/mol. The Kier molecular flexibility index (Phi) is 3.09. The van der Waals surface area contributed by atoms with E-state index in [2.05, 4.69) is 38.4 Å². The molecular formula is C14H24N2.